The normalized spacial score (nSPS) is 36.8. The second-order valence-electron chi connectivity index (χ2n) is 7.17. The molecule has 0 radical (unpaired) electrons. The number of guanidine groups is 1. The molecule has 104 valence electrons. The Bertz CT molecular complexity index is 348. The third-order valence-corrected chi connectivity index (χ3v) is 5.28. The van der Waals surface area contributed by atoms with Crippen molar-refractivity contribution in [3.63, 3.8) is 0 Å². The monoisotopic (exact) mass is 251 g/mol. The van der Waals surface area contributed by atoms with Gasteiger partial charge in [0.1, 0.15) is 0 Å². The van der Waals surface area contributed by atoms with Gasteiger partial charge in [-0.1, -0.05) is 27.7 Å². The van der Waals surface area contributed by atoms with Crippen molar-refractivity contribution < 1.29 is 0 Å². The second kappa shape index (κ2) is 4.43. The van der Waals surface area contributed by atoms with Crippen molar-refractivity contribution >= 4 is 5.96 Å². The molecule has 0 bridgehead atoms. The zero-order chi connectivity index (χ0) is 13.6. The standard InChI is InChI=1S/C15H29N3/c1-6-12(3)18-13(16)17-10-15(18)8-7-14(4,5)9-11(15)2/h11-12H,6-10H2,1-5H3,(H2,16,17). The third-order valence-electron chi connectivity index (χ3n) is 5.28. The van der Waals surface area contributed by atoms with E-state index in [0.29, 0.717) is 17.4 Å². The highest BCUT2D eigenvalue weighted by atomic mass is 15.4. The summed E-state index contributed by atoms with van der Waals surface area (Å²) in [6.07, 6.45) is 4.93. The lowest BCUT2D eigenvalue weighted by atomic mass is 9.63. The molecular formula is C15H29N3. The summed E-state index contributed by atoms with van der Waals surface area (Å²) in [7, 11) is 0. The molecule has 1 aliphatic heterocycles. The largest absolute Gasteiger partial charge is 0.370 e. The quantitative estimate of drug-likeness (QED) is 0.819. The van der Waals surface area contributed by atoms with Crippen LogP contribution in [0.15, 0.2) is 4.99 Å². The van der Waals surface area contributed by atoms with E-state index in [1.165, 1.54) is 19.3 Å². The molecule has 3 unspecified atom stereocenters. The summed E-state index contributed by atoms with van der Waals surface area (Å²) in [5.74, 6) is 1.44. The first-order valence-electron chi connectivity index (χ1n) is 7.42. The van der Waals surface area contributed by atoms with E-state index in [2.05, 4.69) is 44.5 Å². The number of hydrogen-bond donors (Lipinski definition) is 1. The number of hydrogen-bond acceptors (Lipinski definition) is 3. The second-order valence-corrected chi connectivity index (χ2v) is 7.17. The van der Waals surface area contributed by atoms with E-state index < -0.39 is 0 Å². The van der Waals surface area contributed by atoms with Gasteiger partial charge in [-0.15, -0.1) is 0 Å². The van der Waals surface area contributed by atoms with Gasteiger partial charge in [-0.05, 0) is 43.9 Å². The van der Waals surface area contributed by atoms with Crippen molar-refractivity contribution in [3.05, 3.63) is 0 Å². The van der Waals surface area contributed by atoms with Crippen molar-refractivity contribution in [2.75, 3.05) is 6.54 Å². The van der Waals surface area contributed by atoms with Crippen LogP contribution in [0.25, 0.3) is 0 Å². The summed E-state index contributed by atoms with van der Waals surface area (Å²) in [6, 6.07) is 0.500. The van der Waals surface area contributed by atoms with E-state index in [4.69, 9.17) is 5.73 Å². The van der Waals surface area contributed by atoms with E-state index in [-0.39, 0.29) is 5.54 Å². The minimum absolute atomic E-state index is 0.203. The molecule has 1 saturated carbocycles. The highest BCUT2D eigenvalue weighted by Gasteiger charge is 2.51. The van der Waals surface area contributed by atoms with Crippen molar-refractivity contribution in [3.8, 4) is 0 Å². The van der Waals surface area contributed by atoms with Gasteiger partial charge in [0.05, 0.1) is 12.1 Å². The first-order chi connectivity index (χ1) is 8.32. The summed E-state index contributed by atoms with van der Waals surface area (Å²) in [6.45, 7) is 12.6. The smallest absolute Gasteiger partial charge is 0.192 e. The molecule has 0 saturated heterocycles. The third kappa shape index (κ3) is 2.02. The Morgan fingerprint density at radius 1 is 1.44 bits per heavy atom. The molecule has 2 aliphatic rings. The van der Waals surface area contributed by atoms with Gasteiger partial charge in [0.25, 0.3) is 0 Å². The maximum absolute atomic E-state index is 6.17. The molecule has 0 aromatic carbocycles. The van der Waals surface area contributed by atoms with Crippen LogP contribution < -0.4 is 5.73 Å². The van der Waals surface area contributed by atoms with Gasteiger partial charge in [-0.25, -0.2) is 0 Å². The molecule has 1 spiro atoms. The van der Waals surface area contributed by atoms with Gasteiger partial charge in [0.15, 0.2) is 5.96 Å². The van der Waals surface area contributed by atoms with Crippen LogP contribution in [0.1, 0.15) is 60.3 Å². The van der Waals surface area contributed by atoms with E-state index in [9.17, 15) is 0 Å². The van der Waals surface area contributed by atoms with E-state index in [1.54, 1.807) is 0 Å². The van der Waals surface area contributed by atoms with Gasteiger partial charge < -0.3 is 10.6 Å². The van der Waals surface area contributed by atoms with E-state index in [1.807, 2.05) is 0 Å². The summed E-state index contributed by atoms with van der Waals surface area (Å²) >= 11 is 0. The summed E-state index contributed by atoms with van der Waals surface area (Å²) in [5, 5.41) is 0. The topological polar surface area (TPSA) is 41.6 Å². The lowest BCUT2D eigenvalue weighted by Crippen LogP contribution is -2.61. The molecule has 0 aromatic heterocycles. The number of rotatable bonds is 2. The average molecular weight is 251 g/mol. The Morgan fingerprint density at radius 3 is 2.67 bits per heavy atom. The number of aliphatic imine (C=N–C) groups is 1. The molecule has 3 nitrogen and oxygen atoms in total. The number of nitrogens with two attached hydrogens (primary N) is 1. The zero-order valence-corrected chi connectivity index (χ0v) is 12.7. The Balaban J connectivity index is 2.26. The zero-order valence-electron chi connectivity index (χ0n) is 12.7. The first-order valence-corrected chi connectivity index (χ1v) is 7.42. The minimum atomic E-state index is 0.203. The minimum Gasteiger partial charge on any atom is -0.370 e. The van der Waals surface area contributed by atoms with Gasteiger partial charge in [0, 0.05) is 6.04 Å². The maximum atomic E-state index is 6.17. The predicted octanol–water partition coefficient (Wildman–Crippen LogP) is 3.00. The highest BCUT2D eigenvalue weighted by molar-refractivity contribution is 5.81. The van der Waals surface area contributed by atoms with Crippen LogP contribution in [0, 0.1) is 11.3 Å². The van der Waals surface area contributed by atoms with Crippen LogP contribution in [0.3, 0.4) is 0 Å². The lowest BCUT2D eigenvalue weighted by molar-refractivity contribution is 0.0111. The fourth-order valence-electron chi connectivity index (χ4n) is 3.96. The predicted molar refractivity (Wildman–Crippen MR) is 77.6 cm³/mol. The van der Waals surface area contributed by atoms with Gasteiger partial charge in [-0.2, -0.15) is 0 Å². The van der Waals surface area contributed by atoms with Crippen molar-refractivity contribution in [2.45, 2.75) is 71.9 Å². The van der Waals surface area contributed by atoms with Crippen LogP contribution >= 0.6 is 0 Å². The molecule has 1 heterocycles. The molecule has 0 amide bonds. The fraction of sp³-hybridized carbons (Fsp3) is 0.933. The maximum Gasteiger partial charge on any atom is 0.192 e. The molecule has 3 atom stereocenters. The lowest BCUT2D eigenvalue weighted by Gasteiger charge is -2.52. The van der Waals surface area contributed by atoms with Crippen molar-refractivity contribution in [1.82, 2.24) is 4.90 Å². The Hall–Kier alpha value is -0.730. The van der Waals surface area contributed by atoms with Crippen molar-refractivity contribution in [1.29, 1.82) is 0 Å². The van der Waals surface area contributed by atoms with Crippen LogP contribution in [-0.2, 0) is 0 Å². The van der Waals surface area contributed by atoms with Gasteiger partial charge in [0.2, 0.25) is 0 Å². The average Bonchev–Trinajstić information content (AvgIpc) is 2.62. The van der Waals surface area contributed by atoms with Crippen LogP contribution in [-0.4, -0.2) is 29.0 Å². The van der Waals surface area contributed by atoms with Gasteiger partial charge in [-0.3, -0.25) is 4.99 Å². The summed E-state index contributed by atoms with van der Waals surface area (Å²) in [5.41, 5.74) is 6.85. The summed E-state index contributed by atoms with van der Waals surface area (Å²) in [4.78, 5) is 7.02. The van der Waals surface area contributed by atoms with Gasteiger partial charge >= 0.3 is 0 Å². The fourth-order valence-corrected chi connectivity index (χ4v) is 3.96. The Morgan fingerprint density at radius 2 is 2.11 bits per heavy atom. The number of nitrogens with zero attached hydrogens (tertiary/aromatic N) is 2. The SMILES string of the molecule is CCC(C)N1C(N)=NCC12CCC(C)(C)CC2C. The van der Waals surface area contributed by atoms with E-state index in [0.717, 1.165) is 18.9 Å². The van der Waals surface area contributed by atoms with Crippen molar-refractivity contribution in [2.24, 2.45) is 22.1 Å². The van der Waals surface area contributed by atoms with Crippen LogP contribution in [0.4, 0.5) is 0 Å². The molecule has 2 N–H and O–H groups in total. The molecule has 1 fully saturated rings. The van der Waals surface area contributed by atoms with Crippen LogP contribution in [0.5, 0.6) is 0 Å². The Kier molecular flexibility index (Phi) is 3.37. The molecule has 1 aliphatic carbocycles. The highest BCUT2D eigenvalue weighted by Crippen LogP contribution is 2.48. The van der Waals surface area contributed by atoms with E-state index >= 15 is 0 Å². The molecule has 3 heteroatoms. The van der Waals surface area contributed by atoms with Crippen LogP contribution in [0.2, 0.25) is 0 Å². The molecular weight excluding hydrogens is 222 g/mol. The summed E-state index contributed by atoms with van der Waals surface area (Å²) < 4.78 is 0. The Labute approximate surface area is 112 Å². The molecule has 0 aromatic rings. The first kappa shape index (κ1) is 13.7. The molecule has 18 heavy (non-hydrogen) atoms. The molecule has 2 rings (SSSR count).